The van der Waals surface area contributed by atoms with Crippen LogP contribution in [0, 0.1) is 0 Å². The summed E-state index contributed by atoms with van der Waals surface area (Å²) in [4.78, 5) is 121. The van der Waals surface area contributed by atoms with Crippen molar-refractivity contribution in [2.45, 2.75) is 170 Å². The molecule has 99 heavy (non-hydrogen) atoms. The Morgan fingerprint density at radius 2 is 0.970 bits per heavy atom. The number of likely N-dealkylation sites (tertiary alicyclic amines) is 2. The zero-order valence-corrected chi connectivity index (χ0v) is 61.7. The zero-order valence-electron chi connectivity index (χ0n) is 60.0. The first-order valence-electron chi connectivity index (χ1n) is 35.5. The van der Waals surface area contributed by atoms with Crippen molar-refractivity contribution < 1.29 is 100.0 Å². The van der Waals surface area contributed by atoms with Crippen LogP contribution in [0.15, 0.2) is 24.3 Å². The van der Waals surface area contributed by atoms with Gasteiger partial charge in [-0.05, 0) is 113 Å². The van der Waals surface area contributed by atoms with Gasteiger partial charge >= 0.3 is 12.2 Å². The van der Waals surface area contributed by atoms with Crippen molar-refractivity contribution in [3.8, 4) is 5.75 Å². The Morgan fingerprint density at radius 3 is 1.43 bits per heavy atom. The fourth-order valence-electron chi connectivity index (χ4n) is 10.6. The second-order valence-electron chi connectivity index (χ2n) is 24.2. The first-order chi connectivity index (χ1) is 48.2. The highest BCUT2D eigenvalue weighted by Crippen LogP contribution is 2.30. The van der Waals surface area contributed by atoms with Gasteiger partial charge in [0.25, 0.3) is 0 Å². The largest absolute Gasteiger partial charge is 0.441 e. The maximum Gasteiger partial charge on any atom is 0.412 e. The van der Waals surface area contributed by atoms with E-state index in [0.29, 0.717) is 186 Å². The van der Waals surface area contributed by atoms with Gasteiger partial charge in [0.1, 0.15) is 35.6 Å². The Balaban J connectivity index is 1.44. The number of hydrogen-bond donors (Lipinski definition) is 3. The van der Waals surface area contributed by atoms with Gasteiger partial charge in [0.2, 0.25) is 29.5 Å². The number of amides is 7. The van der Waals surface area contributed by atoms with Gasteiger partial charge in [0.05, 0.1) is 89.8 Å². The number of ether oxygens (including phenoxy) is 12. The molecule has 0 bridgehead atoms. The number of benzene rings is 1. The molecule has 2 aliphatic rings. The van der Waals surface area contributed by atoms with Crippen LogP contribution in [0.25, 0.3) is 0 Å². The number of thioether (sulfide) groups is 2. The summed E-state index contributed by atoms with van der Waals surface area (Å²) in [6.07, 6.45) is 9.70. The number of alkyl carbamates (subject to hydrolysis) is 1. The average Bonchev–Trinajstić information content (AvgIpc) is 1.73. The molecule has 3 rings (SSSR count). The Hall–Kier alpha value is -4.89. The molecular formula is C70H118N6O21S2. The number of ketones is 2. The molecule has 566 valence electrons. The molecule has 5 unspecified atom stereocenters. The molecule has 2 aliphatic heterocycles. The van der Waals surface area contributed by atoms with Gasteiger partial charge in [-0.3, -0.25) is 43.4 Å². The van der Waals surface area contributed by atoms with Crippen LogP contribution in [0.5, 0.6) is 5.75 Å². The molecule has 0 spiro atoms. The molecule has 2 saturated heterocycles. The summed E-state index contributed by atoms with van der Waals surface area (Å²) >= 11 is 2.95. The standard InChI is InChI=1S/C70H118N6O21S2/c1-71-31-20-32-73-70(85)96-58-27-25-55(26-28-58)61(97-69(84)72-2)23-19-24-64(79)74(33-13-7-9-17-47-98-62-49-65(80)75(67(62)82)35-29-56(77)21-11-15-37-90-51-59(94-45-41-88-5)53-92-43-39-86-3)34-14-8-10-18-48-99-63-50-66(81)76(68(63)83)36-30-57(78)22-12-16-38-91-52-60(95-46-42-89-6)54-93-44-40-87-4/h25-28,59-63,71H,7-24,29-54H2,1-6H3,(H,72,84)(H,73,85). The summed E-state index contributed by atoms with van der Waals surface area (Å²) < 4.78 is 65.8. The highest BCUT2D eigenvalue weighted by atomic mass is 32.2. The Kier molecular flexibility index (Phi) is 51.4. The molecular weight excluding hydrogens is 1320 g/mol. The monoisotopic (exact) mass is 1440 g/mol. The van der Waals surface area contributed by atoms with Gasteiger partial charge in [-0.2, -0.15) is 0 Å². The summed E-state index contributed by atoms with van der Waals surface area (Å²) in [5.41, 5.74) is 0.678. The van der Waals surface area contributed by atoms with Crippen LogP contribution in [0.3, 0.4) is 0 Å². The lowest BCUT2D eigenvalue weighted by atomic mass is 10.0. The van der Waals surface area contributed by atoms with E-state index >= 15 is 0 Å². The highest BCUT2D eigenvalue weighted by molar-refractivity contribution is 8.00. The van der Waals surface area contributed by atoms with E-state index in [4.69, 9.17) is 56.8 Å². The molecule has 0 saturated carbocycles. The lowest BCUT2D eigenvalue weighted by Gasteiger charge is -2.24. The Bertz CT molecular complexity index is 2300. The van der Waals surface area contributed by atoms with E-state index in [1.807, 2.05) is 11.9 Å². The molecule has 1 aromatic rings. The van der Waals surface area contributed by atoms with Crippen LogP contribution >= 0.6 is 23.5 Å². The van der Waals surface area contributed by atoms with Gasteiger partial charge in [-0.25, -0.2) is 9.59 Å². The molecule has 3 N–H and O–H groups in total. The average molecular weight is 1440 g/mol. The molecule has 0 aromatic heterocycles. The molecule has 2 heterocycles. The number of imide groups is 2. The molecule has 0 radical (unpaired) electrons. The van der Waals surface area contributed by atoms with Crippen LogP contribution in [0.1, 0.15) is 153 Å². The molecule has 27 nitrogen and oxygen atoms in total. The number of carbonyl (C=O) groups excluding carboxylic acids is 9. The highest BCUT2D eigenvalue weighted by Gasteiger charge is 2.40. The molecule has 2 fully saturated rings. The van der Waals surface area contributed by atoms with Crippen LogP contribution < -0.4 is 20.7 Å². The zero-order chi connectivity index (χ0) is 71.9. The maximum absolute atomic E-state index is 14.0. The van der Waals surface area contributed by atoms with Gasteiger partial charge in [-0.15, -0.1) is 23.5 Å². The third-order valence-corrected chi connectivity index (χ3v) is 18.9. The predicted molar refractivity (Wildman–Crippen MR) is 377 cm³/mol. The van der Waals surface area contributed by atoms with E-state index in [1.165, 1.54) is 40.4 Å². The van der Waals surface area contributed by atoms with Crippen molar-refractivity contribution in [1.29, 1.82) is 0 Å². The maximum atomic E-state index is 14.0. The SMILES string of the molecule is CNCCCNC(=O)Oc1ccc(C(CCCC(=O)N(CCCCCCSC2CC(=O)N(CCC(=O)CCCCOCC(COCCOC)OCCOC)C2=O)CCCCCCSC2CC(=O)N(CCC(=O)CCCCOCC(COCCOC)OCCOC)C2=O)OC(=O)NC)cc1. The van der Waals surface area contributed by atoms with Crippen molar-refractivity contribution in [3.05, 3.63) is 29.8 Å². The van der Waals surface area contributed by atoms with Crippen molar-refractivity contribution in [2.24, 2.45) is 0 Å². The minimum absolute atomic E-state index is 0.00900. The van der Waals surface area contributed by atoms with Crippen LogP contribution in [0.2, 0.25) is 0 Å². The topological polar surface area (TPSA) is 310 Å². The van der Waals surface area contributed by atoms with Gasteiger partial charge in [0, 0.05) is 126 Å². The molecule has 29 heteroatoms. The van der Waals surface area contributed by atoms with Crippen LogP contribution in [-0.2, 0) is 85.7 Å². The number of nitrogens with zero attached hydrogens (tertiary/aromatic N) is 3. The van der Waals surface area contributed by atoms with E-state index in [1.54, 1.807) is 52.7 Å². The number of Topliss-reactive ketones (excluding diaryl/α,β-unsaturated/α-hetero) is 2. The quantitative estimate of drug-likeness (QED) is 0.0425. The number of rotatable bonds is 65. The number of carbonyl (C=O) groups is 9. The third-order valence-electron chi connectivity index (χ3n) is 16.3. The normalized spacial score (nSPS) is 15.6. The number of unbranched alkanes of at least 4 members (excludes halogenated alkanes) is 8. The van der Waals surface area contributed by atoms with E-state index in [2.05, 4.69) is 16.0 Å². The first-order valence-corrected chi connectivity index (χ1v) is 37.6. The van der Waals surface area contributed by atoms with Gasteiger partial charge < -0.3 is 77.7 Å². The summed E-state index contributed by atoms with van der Waals surface area (Å²) in [6.45, 7) is 8.39. The Morgan fingerprint density at radius 1 is 0.505 bits per heavy atom. The fourth-order valence-corrected chi connectivity index (χ4v) is 13.0. The lowest BCUT2D eigenvalue weighted by Crippen LogP contribution is -2.33. The third kappa shape index (κ3) is 41.1. The number of hydrogen-bond acceptors (Lipinski definition) is 24. The lowest BCUT2D eigenvalue weighted by molar-refractivity contribution is -0.140. The second kappa shape index (κ2) is 57.6. The molecule has 5 atom stereocenters. The van der Waals surface area contributed by atoms with Crippen molar-refractivity contribution in [1.82, 2.24) is 30.7 Å². The van der Waals surface area contributed by atoms with Crippen LogP contribution in [0.4, 0.5) is 9.59 Å². The summed E-state index contributed by atoms with van der Waals surface area (Å²) in [5, 5.41) is 7.28. The molecule has 1 aromatic carbocycles. The number of methoxy groups -OCH3 is 4. The fraction of sp³-hybridized carbons (Fsp3) is 0.786. The minimum Gasteiger partial charge on any atom is -0.441 e. The van der Waals surface area contributed by atoms with Crippen LogP contribution in [-0.4, -0.2) is 277 Å². The van der Waals surface area contributed by atoms with Gasteiger partial charge in [-0.1, -0.05) is 37.8 Å². The van der Waals surface area contributed by atoms with Crippen molar-refractivity contribution in [2.75, 3.05) is 186 Å². The first kappa shape index (κ1) is 88.3. The van der Waals surface area contributed by atoms with Crippen molar-refractivity contribution in [3.63, 3.8) is 0 Å². The molecule has 7 amide bonds. The van der Waals surface area contributed by atoms with E-state index in [0.717, 1.165) is 64.3 Å². The van der Waals surface area contributed by atoms with Gasteiger partial charge in [0.15, 0.2) is 0 Å². The predicted octanol–water partition coefficient (Wildman–Crippen LogP) is 7.30. The van der Waals surface area contributed by atoms with E-state index in [9.17, 15) is 43.2 Å². The summed E-state index contributed by atoms with van der Waals surface area (Å²) in [5.74, 6) is 0.672. The van der Waals surface area contributed by atoms with E-state index < -0.39 is 28.8 Å². The smallest absolute Gasteiger partial charge is 0.412 e. The van der Waals surface area contributed by atoms with E-state index in [-0.39, 0.29) is 98.5 Å². The van der Waals surface area contributed by atoms with Crippen molar-refractivity contribution >= 4 is 76.8 Å². The number of nitrogens with one attached hydrogen (secondary N) is 3. The summed E-state index contributed by atoms with van der Waals surface area (Å²) in [7, 11) is 9.74. The minimum atomic E-state index is -0.673. The Labute approximate surface area is 596 Å². The second-order valence-corrected chi connectivity index (χ2v) is 26.9. The molecule has 0 aliphatic carbocycles. The summed E-state index contributed by atoms with van der Waals surface area (Å²) in [6, 6.07) is 6.73.